The van der Waals surface area contributed by atoms with Crippen molar-refractivity contribution in [1.82, 2.24) is 24.8 Å². The Balaban J connectivity index is 1.61. The maximum atomic E-state index is 13.2. The van der Waals surface area contributed by atoms with Crippen molar-refractivity contribution in [2.75, 3.05) is 40.3 Å². The van der Waals surface area contributed by atoms with Crippen LogP contribution in [0, 0.1) is 12.7 Å². The van der Waals surface area contributed by atoms with Crippen LogP contribution in [0.4, 0.5) is 4.39 Å². The highest BCUT2D eigenvalue weighted by molar-refractivity contribution is 5.83. The van der Waals surface area contributed by atoms with E-state index in [9.17, 15) is 9.18 Å². The quantitative estimate of drug-likeness (QED) is 0.803. The summed E-state index contributed by atoms with van der Waals surface area (Å²) in [5.41, 5.74) is 0.797. The fourth-order valence-electron chi connectivity index (χ4n) is 3.21. The summed E-state index contributed by atoms with van der Waals surface area (Å²) in [6, 6.07) is 5.72. The molecule has 1 aromatic heterocycles. The third kappa shape index (κ3) is 4.25. The zero-order chi connectivity index (χ0) is 18.7. The van der Waals surface area contributed by atoms with Crippen LogP contribution in [0.15, 0.2) is 28.8 Å². The molecule has 3 rings (SSSR count). The van der Waals surface area contributed by atoms with Crippen molar-refractivity contribution < 1.29 is 13.7 Å². The lowest BCUT2D eigenvalue weighted by Gasteiger charge is -2.37. The van der Waals surface area contributed by atoms with Gasteiger partial charge in [-0.05, 0) is 31.8 Å². The highest BCUT2D eigenvalue weighted by Gasteiger charge is 2.30. The van der Waals surface area contributed by atoms with Crippen LogP contribution < -0.4 is 0 Å². The van der Waals surface area contributed by atoms with Crippen molar-refractivity contribution in [3.8, 4) is 0 Å². The molecule has 1 saturated heterocycles. The van der Waals surface area contributed by atoms with Gasteiger partial charge in [0.05, 0.1) is 6.54 Å². The third-order valence-electron chi connectivity index (χ3n) is 4.55. The summed E-state index contributed by atoms with van der Waals surface area (Å²) in [5.74, 6) is 0.961. The van der Waals surface area contributed by atoms with E-state index in [4.69, 9.17) is 4.52 Å². The molecule has 1 aliphatic rings. The Labute approximate surface area is 152 Å². The average molecular weight is 361 g/mol. The number of likely N-dealkylation sites (N-methyl/N-ethyl adjacent to an activating group) is 1. The average Bonchev–Trinajstić information content (AvgIpc) is 3.02. The largest absolute Gasteiger partial charge is 0.340 e. The molecule has 140 valence electrons. The molecule has 1 unspecified atom stereocenters. The highest BCUT2D eigenvalue weighted by Crippen LogP contribution is 2.22. The van der Waals surface area contributed by atoms with Crippen molar-refractivity contribution in [2.45, 2.75) is 19.5 Å². The van der Waals surface area contributed by atoms with E-state index in [0.717, 1.165) is 18.7 Å². The molecule has 0 saturated carbocycles. The Morgan fingerprint density at radius 3 is 2.42 bits per heavy atom. The molecule has 1 fully saturated rings. The van der Waals surface area contributed by atoms with Gasteiger partial charge in [-0.2, -0.15) is 4.98 Å². The molecule has 0 bridgehead atoms. The second-order valence-electron chi connectivity index (χ2n) is 6.75. The molecule has 2 aromatic rings. The third-order valence-corrected chi connectivity index (χ3v) is 4.55. The number of aryl methyl sites for hydroxylation is 1. The molecule has 7 nitrogen and oxygen atoms in total. The summed E-state index contributed by atoms with van der Waals surface area (Å²) in [6.07, 6.45) is 0. The number of nitrogens with zero attached hydrogens (tertiary/aromatic N) is 5. The van der Waals surface area contributed by atoms with E-state index in [-0.39, 0.29) is 11.7 Å². The zero-order valence-electron chi connectivity index (χ0n) is 15.4. The summed E-state index contributed by atoms with van der Waals surface area (Å²) in [4.78, 5) is 23.2. The minimum Gasteiger partial charge on any atom is -0.340 e. The smallest absolute Gasteiger partial charge is 0.244 e. The molecule has 0 spiro atoms. The second-order valence-corrected chi connectivity index (χ2v) is 6.75. The normalized spacial score (nSPS) is 16.9. The molecule has 1 aliphatic heterocycles. The summed E-state index contributed by atoms with van der Waals surface area (Å²) >= 11 is 0. The highest BCUT2D eigenvalue weighted by atomic mass is 19.1. The number of hydrogen-bond donors (Lipinski definition) is 0. The topological polar surface area (TPSA) is 65.7 Å². The number of piperazine rings is 1. The van der Waals surface area contributed by atoms with E-state index in [0.29, 0.717) is 31.3 Å². The number of benzene rings is 1. The van der Waals surface area contributed by atoms with Gasteiger partial charge in [-0.25, -0.2) is 4.39 Å². The monoisotopic (exact) mass is 361 g/mol. The predicted molar refractivity (Wildman–Crippen MR) is 93.7 cm³/mol. The number of rotatable bonds is 5. The molecule has 1 atom stereocenters. The zero-order valence-corrected chi connectivity index (χ0v) is 15.4. The Bertz CT molecular complexity index is 738. The van der Waals surface area contributed by atoms with Crippen LogP contribution in [0.3, 0.4) is 0 Å². The van der Waals surface area contributed by atoms with Gasteiger partial charge in [-0.3, -0.25) is 14.6 Å². The summed E-state index contributed by atoms with van der Waals surface area (Å²) in [5, 5.41) is 3.92. The molecule has 2 heterocycles. The SMILES string of the molecule is Cc1nc(CN2CCN(C(=O)C(c3ccc(F)cc3)N(C)C)CC2)no1. The van der Waals surface area contributed by atoms with Crippen LogP contribution >= 0.6 is 0 Å². The van der Waals surface area contributed by atoms with E-state index >= 15 is 0 Å². The maximum Gasteiger partial charge on any atom is 0.244 e. The van der Waals surface area contributed by atoms with Gasteiger partial charge in [-0.1, -0.05) is 17.3 Å². The summed E-state index contributed by atoms with van der Waals surface area (Å²) < 4.78 is 18.2. The van der Waals surface area contributed by atoms with Gasteiger partial charge in [-0.15, -0.1) is 0 Å². The molecular formula is C18H24FN5O2. The van der Waals surface area contributed by atoms with Gasteiger partial charge in [0.25, 0.3) is 0 Å². The Morgan fingerprint density at radius 1 is 1.23 bits per heavy atom. The van der Waals surface area contributed by atoms with Crippen molar-refractivity contribution in [1.29, 1.82) is 0 Å². The number of hydrogen-bond acceptors (Lipinski definition) is 6. The molecule has 0 aliphatic carbocycles. The number of amides is 1. The first kappa shape index (κ1) is 18.5. The molecular weight excluding hydrogens is 337 g/mol. The second kappa shape index (κ2) is 7.92. The van der Waals surface area contributed by atoms with Gasteiger partial charge < -0.3 is 9.42 Å². The van der Waals surface area contributed by atoms with Gasteiger partial charge in [0.2, 0.25) is 11.8 Å². The number of aromatic nitrogens is 2. The Hall–Kier alpha value is -2.32. The lowest BCUT2D eigenvalue weighted by molar-refractivity contribution is -0.138. The first-order valence-electron chi connectivity index (χ1n) is 8.66. The lowest BCUT2D eigenvalue weighted by Crippen LogP contribution is -2.51. The fraction of sp³-hybridized carbons (Fsp3) is 0.500. The maximum absolute atomic E-state index is 13.2. The van der Waals surface area contributed by atoms with Crippen LogP contribution in [-0.4, -0.2) is 71.0 Å². The van der Waals surface area contributed by atoms with Crippen molar-refractivity contribution in [2.24, 2.45) is 0 Å². The summed E-state index contributed by atoms with van der Waals surface area (Å²) in [7, 11) is 3.72. The molecule has 0 N–H and O–H groups in total. The molecule has 26 heavy (non-hydrogen) atoms. The Kier molecular flexibility index (Phi) is 5.63. The molecule has 0 radical (unpaired) electrons. The van der Waals surface area contributed by atoms with Crippen LogP contribution in [-0.2, 0) is 11.3 Å². The minimum absolute atomic E-state index is 0.0386. The van der Waals surface area contributed by atoms with Crippen LogP contribution in [0.1, 0.15) is 23.3 Å². The van der Waals surface area contributed by atoms with Gasteiger partial charge >= 0.3 is 0 Å². The van der Waals surface area contributed by atoms with Crippen LogP contribution in [0.5, 0.6) is 0 Å². The van der Waals surface area contributed by atoms with E-state index in [1.165, 1.54) is 12.1 Å². The van der Waals surface area contributed by atoms with E-state index in [2.05, 4.69) is 15.0 Å². The van der Waals surface area contributed by atoms with E-state index in [1.807, 2.05) is 23.9 Å². The van der Waals surface area contributed by atoms with Crippen molar-refractivity contribution >= 4 is 5.91 Å². The number of halogens is 1. The first-order valence-corrected chi connectivity index (χ1v) is 8.66. The lowest BCUT2D eigenvalue weighted by atomic mass is 10.0. The molecule has 1 amide bonds. The van der Waals surface area contributed by atoms with Crippen LogP contribution in [0.25, 0.3) is 0 Å². The van der Waals surface area contributed by atoms with Gasteiger partial charge in [0.15, 0.2) is 5.82 Å². The van der Waals surface area contributed by atoms with Crippen molar-refractivity contribution in [3.63, 3.8) is 0 Å². The number of carbonyl (C=O) groups is 1. The minimum atomic E-state index is -0.415. The van der Waals surface area contributed by atoms with Crippen LogP contribution in [0.2, 0.25) is 0 Å². The number of carbonyl (C=O) groups excluding carboxylic acids is 1. The fourth-order valence-corrected chi connectivity index (χ4v) is 3.21. The predicted octanol–water partition coefficient (Wildman–Crippen LogP) is 1.46. The van der Waals surface area contributed by atoms with E-state index < -0.39 is 6.04 Å². The standard InChI is InChI=1S/C18H24FN5O2/c1-13-20-16(21-26-13)12-23-8-10-24(11-9-23)18(25)17(22(2)3)14-4-6-15(19)7-5-14/h4-7,17H,8-12H2,1-3H3. The summed E-state index contributed by atoms with van der Waals surface area (Å²) in [6.45, 7) is 5.17. The van der Waals surface area contributed by atoms with E-state index in [1.54, 1.807) is 19.1 Å². The van der Waals surface area contributed by atoms with Crippen molar-refractivity contribution in [3.05, 3.63) is 47.4 Å². The molecule has 8 heteroatoms. The Morgan fingerprint density at radius 2 is 1.88 bits per heavy atom. The van der Waals surface area contributed by atoms with Gasteiger partial charge in [0.1, 0.15) is 11.9 Å². The first-order chi connectivity index (χ1) is 12.4. The molecule has 1 aromatic carbocycles. The van der Waals surface area contributed by atoms with Gasteiger partial charge in [0, 0.05) is 33.1 Å².